The average Bonchev–Trinajstić information content (AvgIpc) is 2.88. The maximum atomic E-state index is 14.4. The first-order valence-electron chi connectivity index (χ1n) is 8.84. The standard InChI is InChI=1S/C18H26FNO4S/c1-18(2)9-3-4-17(18)20-25(21,22)14-5-6-16(15(19)12-14)24-13-7-10-23-11-8-13/h5-6,12-13,17,20H,3-4,7-11H2,1-2H3/t17-/m0/s1. The van der Waals surface area contributed by atoms with E-state index in [4.69, 9.17) is 9.47 Å². The van der Waals surface area contributed by atoms with E-state index >= 15 is 0 Å². The topological polar surface area (TPSA) is 64.6 Å². The minimum Gasteiger partial charge on any atom is -0.487 e. The zero-order chi connectivity index (χ0) is 18.1. The van der Waals surface area contributed by atoms with E-state index in [1.165, 1.54) is 12.1 Å². The predicted octanol–water partition coefficient (Wildman–Crippen LogP) is 3.24. The monoisotopic (exact) mass is 371 g/mol. The van der Waals surface area contributed by atoms with Crippen molar-refractivity contribution in [3.05, 3.63) is 24.0 Å². The van der Waals surface area contributed by atoms with Gasteiger partial charge < -0.3 is 9.47 Å². The number of halogens is 1. The third-order valence-electron chi connectivity index (χ3n) is 5.23. The molecular formula is C18H26FNO4S. The summed E-state index contributed by atoms with van der Waals surface area (Å²) in [6.45, 7) is 5.30. The van der Waals surface area contributed by atoms with E-state index in [2.05, 4.69) is 18.6 Å². The molecule has 1 N–H and O–H groups in total. The lowest BCUT2D eigenvalue weighted by Gasteiger charge is -2.27. The van der Waals surface area contributed by atoms with Crippen LogP contribution in [0.5, 0.6) is 5.75 Å². The minimum atomic E-state index is -3.75. The maximum absolute atomic E-state index is 14.4. The summed E-state index contributed by atoms with van der Waals surface area (Å²) < 4.78 is 53.2. The largest absolute Gasteiger partial charge is 0.487 e. The summed E-state index contributed by atoms with van der Waals surface area (Å²) in [5.74, 6) is -0.563. The van der Waals surface area contributed by atoms with Gasteiger partial charge in [0.15, 0.2) is 11.6 Å². The van der Waals surface area contributed by atoms with Gasteiger partial charge in [-0.2, -0.15) is 0 Å². The van der Waals surface area contributed by atoms with Crippen molar-refractivity contribution >= 4 is 10.0 Å². The molecule has 5 nitrogen and oxygen atoms in total. The summed E-state index contributed by atoms with van der Waals surface area (Å²) in [6, 6.07) is 3.72. The third kappa shape index (κ3) is 4.33. The molecule has 1 atom stereocenters. The van der Waals surface area contributed by atoms with Crippen molar-refractivity contribution in [1.29, 1.82) is 0 Å². The smallest absolute Gasteiger partial charge is 0.240 e. The molecule has 140 valence electrons. The van der Waals surface area contributed by atoms with E-state index in [0.29, 0.717) is 26.1 Å². The highest BCUT2D eigenvalue weighted by Crippen LogP contribution is 2.38. The Morgan fingerprint density at radius 3 is 2.56 bits per heavy atom. The number of ether oxygens (including phenoxy) is 2. The Morgan fingerprint density at radius 1 is 1.24 bits per heavy atom. The van der Waals surface area contributed by atoms with Gasteiger partial charge in [0.05, 0.1) is 18.1 Å². The Bertz CT molecular complexity index is 714. The number of hydrogen-bond donors (Lipinski definition) is 1. The first-order valence-corrected chi connectivity index (χ1v) is 10.3. The van der Waals surface area contributed by atoms with Gasteiger partial charge in [0, 0.05) is 18.9 Å². The first-order chi connectivity index (χ1) is 11.8. The maximum Gasteiger partial charge on any atom is 0.240 e. The number of sulfonamides is 1. The van der Waals surface area contributed by atoms with Gasteiger partial charge in [-0.05, 0) is 36.5 Å². The molecule has 1 aromatic rings. The van der Waals surface area contributed by atoms with Crippen molar-refractivity contribution in [2.24, 2.45) is 5.41 Å². The lowest BCUT2D eigenvalue weighted by molar-refractivity contribution is 0.0240. The van der Waals surface area contributed by atoms with Crippen LogP contribution in [0.15, 0.2) is 23.1 Å². The van der Waals surface area contributed by atoms with Gasteiger partial charge in [0.1, 0.15) is 6.10 Å². The van der Waals surface area contributed by atoms with Gasteiger partial charge in [0.2, 0.25) is 10.0 Å². The number of benzene rings is 1. The fourth-order valence-electron chi connectivity index (χ4n) is 3.52. The highest BCUT2D eigenvalue weighted by Gasteiger charge is 2.37. The molecule has 0 aromatic heterocycles. The molecule has 1 aliphatic heterocycles. The Balaban J connectivity index is 1.72. The summed E-state index contributed by atoms with van der Waals surface area (Å²) in [6.07, 6.45) is 4.09. The molecule has 2 fully saturated rings. The normalized spacial score (nSPS) is 24.4. The molecule has 2 aliphatic rings. The van der Waals surface area contributed by atoms with Crippen LogP contribution in [0.3, 0.4) is 0 Å². The van der Waals surface area contributed by atoms with Crippen molar-refractivity contribution in [3.8, 4) is 5.75 Å². The third-order valence-corrected chi connectivity index (χ3v) is 6.70. The van der Waals surface area contributed by atoms with Crippen LogP contribution in [0.2, 0.25) is 0 Å². The van der Waals surface area contributed by atoms with Crippen LogP contribution in [-0.2, 0) is 14.8 Å². The van der Waals surface area contributed by atoms with Crippen LogP contribution in [0.25, 0.3) is 0 Å². The molecule has 0 amide bonds. The lowest BCUT2D eigenvalue weighted by atomic mass is 9.88. The molecule has 1 aliphatic carbocycles. The minimum absolute atomic E-state index is 0.0629. The molecule has 7 heteroatoms. The molecule has 0 unspecified atom stereocenters. The van der Waals surface area contributed by atoms with Crippen molar-refractivity contribution < 1.29 is 22.3 Å². The summed E-state index contributed by atoms with van der Waals surface area (Å²) in [4.78, 5) is -0.0629. The second-order valence-electron chi connectivity index (χ2n) is 7.58. The van der Waals surface area contributed by atoms with E-state index in [0.717, 1.165) is 25.3 Å². The van der Waals surface area contributed by atoms with Crippen LogP contribution >= 0.6 is 0 Å². The SMILES string of the molecule is CC1(C)CCC[C@@H]1NS(=O)(=O)c1ccc(OC2CCOCC2)c(F)c1. The van der Waals surface area contributed by atoms with Gasteiger partial charge in [-0.1, -0.05) is 20.3 Å². The number of nitrogens with one attached hydrogen (secondary N) is 1. The van der Waals surface area contributed by atoms with E-state index in [1.54, 1.807) is 0 Å². The van der Waals surface area contributed by atoms with Crippen LogP contribution in [0.4, 0.5) is 4.39 Å². The highest BCUT2D eigenvalue weighted by molar-refractivity contribution is 7.89. The molecule has 1 aromatic carbocycles. The summed E-state index contributed by atoms with van der Waals surface area (Å²) >= 11 is 0. The fourth-order valence-corrected chi connectivity index (χ4v) is 4.97. The van der Waals surface area contributed by atoms with E-state index in [1.807, 2.05) is 0 Å². The molecule has 0 radical (unpaired) electrons. The Kier molecular flexibility index (Phi) is 5.37. The molecule has 0 bridgehead atoms. The Hall–Kier alpha value is -1.18. The molecule has 0 spiro atoms. The van der Waals surface area contributed by atoms with E-state index in [-0.39, 0.29) is 28.2 Å². The molecule has 1 saturated heterocycles. The van der Waals surface area contributed by atoms with E-state index in [9.17, 15) is 12.8 Å². The number of hydrogen-bond acceptors (Lipinski definition) is 4. The van der Waals surface area contributed by atoms with Gasteiger partial charge in [-0.25, -0.2) is 17.5 Å². The summed E-state index contributed by atoms with van der Waals surface area (Å²) in [5, 5.41) is 0. The molecule has 1 heterocycles. The average molecular weight is 371 g/mol. The lowest BCUT2D eigenvalue weighted by Crippen LogP contribution is -2.41. The summed E-state index contributed by atoms with van der Waals surface area (Å²) in [7, 11) is -3.75. The zero-order valence-corrected chi connectivity index (χ0v) is 15.6. The van der Waals surface area contributed by atoms with Crippen LogP contribution in [-0.4, -0.2) is 33.8 Å². The van der Waals surface area contributed by atoms with Crippen LogP contribution in [0.1, 0.15) is 46.0 Å². The molecule has 25 heavy (non-hydrogen) atoms. The van der Waals surface area contributed by atoms with Crippen molar-refractivity contribution in [3.63, 3.8) is 0 Å². The van der Waals surface area contributed by atoms with Crippen molar-refractivity contribution in [2.45, 2.75) is 63.0 Å². The molecule has 1 saturated carbocycles. The highest BCUT2D eigenvalue weighted by atomic mass is 32.2. The van der Waals surface area contributed by atoms with Gasteiger partial charge in [-0.3, -0.25) is 0 Å². The number of rotatable bonds is 5. The zero-order valence-electron chi connectivity index (χ0n) is 14.8. The van der Waals surface area contributed by atoms with E-state index < -0.39 is 15.8 Å². The quantitative estimate of drug-likeness (QED) is 0.863. The fraction of sp³-hybridized carbons (Fsp3) is 0.667. The van der Waals surface area contributed by atoms with Gasteiger partial charge in [0.25, 0.3) is 0 Å². The summed E-state index contributed by atoms with van der Waals surface area (Å²) in [5.41, 5.74) is -0.0856. The van der Waals surface area contributed by atoms with Crippen LogP contribution in [0, 0.1) is 11.2 Å². The van der Waals surface area contributed by atoms with Crippen molar-refractivity contribution in [1.82, 2.24) is 4.72 Å². The molecule has 3 rings (SSSR count). The predicted molar refractivity (Wildman–Crippen MR) is 92.6 cm³/mol. The van der Waals surface area contributed by atoms with Crippen molar-refractivity contribution in [2.75, 3.05) is 13.2 Å². The van der Waals surface area contributed by atoms with Gasteiger partial charge in [-0.15, -0.1) is 0 Å². The Labute approximate surface area is 149 Å². The Morgan fingerprint density at radius 2 is 1.96 bits per heavy atom. The second kappa shape index (κ2) is 7.21. The van der Waals surface area contributed by atoms with Gasteiger partial charge >= 0.3 is 0 Å². The second-order valence-corrected chi connectivity index (χ2v) is 9.29. The van der Waals surface area contributed by atoms with Crippen LogP contribution < -0.4 is 9.46 Å². The first kappa shape index (κ1) is 18.6. The molecular weight excluding hydrogens is 345 g/mol.